The zero-order valence-electron chi connectivity index (χ0n) is 14.5. The van der Waals surface area contributed by atoms with E-state index in [1.807, 2.05) is 19.1 Å². The minimum absolute atomic E-state index is 0.0102. The summed E-state index contributed by atoms with van der Waals surface area (Å²) < 4.78 is 0. The van der Waals surface area contributed by atoms with E-state index in [0.29, 0.717) is 18.2 Å². The second kappa shape index (κ2) is 6.97. The van der Waals surface area contributed by atoms with E-state index in [0.717, 1.165) is 24.0 Å². The van der Waals surface area contributed by atoms with Crippen LogP contribution < -0.4 is 5.32 Å². The number of phenolic OH excluding ortho intramolecular Hbond substituents is 1. The molecular formula is C20H22N2O3. The Morgan fingerprint density at radius 3 is 2.44 bits per heavy atom. The third kappa shape index (κ3) is 4.18. The molecule has 5 heteroatoms. The number of phenols is 1. The monoisotopic (exact) mass is 338 g/mol. The van der Waals surface area contributed by atoms with Crippen molar-refractivity contribution in [2.75, 3.05) is 7.05 Å². The largest absolute Gasteiger partial charge is 0.507 e. The minimum Gasteiger partial charge on any atom is -0.507 e. The molecule has 130 valence electrons. The number of rotatable bonds is 5. The lowest BCUT2D eigenvalue weighted by molar-refractivity contribution is 0.0781. The van der Waals surface area contributed by atoms with Gasteiger partial charge in [-0.15, -0.1) is 0 Å². The summed E-state index contributed by atoms with van der Waals surface area (Å²) in [6, 6.07) is 12.6. The summed E-state index contributed by atoms with van der Waals surface area (Å²) in [5, 5.41) is 12.9. The highest BCUT2D eigenvalue weighted by Crippen LogP contribution is 2.21. The molecule has 0 aromatic heterocycles. The van der Waals surface area contributed by atoms with E-state index in [4.69, 9.17) is 0 Å². The molecule has 0 aliphatic heterocycles. The van der Waals surface area contributed by atoms with Crippen LogP contribution in [0.4, 0.5) is 0 Å². The number of aryl methyl sites for hydroxylation is 1. The number of benzene rings is 2. The summed E-state index contributed by atoms with van der Waals surface area (Å²) in [6.45, 7) is 2.26. The maximum Gasteiger partial charge on any atom is 0.257 e. The SMILES string of the molecule is Cc1ccc(C(=O)N(C)Cc2ccc(C(=O)NC3CC3)cc2)c(O)c1. The first-order chi connectivity index (χ1) is 11.9. The third-order valence-electron chi connectivity index (χ3n) is 4.28. The molecule has 1 aliphatic carbocycles. The molecule has 2 amide bonds. The first-order valence-corrected chi connectivity index (χ1v) is 8.39. The summed E-state index contributed by atoms with van der Waals surface area (Å²) in [4.78, 5) is 26.0. The van der Waals surface area contributed by atoms with Gasteiger partial charge in [-0.25, -0.2) is 0 Å². The number of hydrogen-bond donors (Lipinski definition) is 2. The van der Waals surface area contributed by atoms with Crippen LogP contribution in [-0.4, -0.2) is 34.9 Å². The Bertz CT molecular complexity index is 795. The Morgan fingerprint density at radius 2 is 1.84 bits per heavy atom. The van der Waals surface area contributed by atoms with E-state index in [-0.39, 0.29) is 23.1 Å². The standard InChI is InChI=1S/C20H22N2O3/c1-13-3-10-17(18(23)11-13)20(25)22(2)12-14-4-6-15(7-5-14)19(24)21-16-8-9-16/h3-7,10-11,16,23H,8-9,12H2,1-2H3,(H,21,24). The van der Waals surface area contributed by atoms with Crippen LogP contribution in [0, 0.1) is 6.92 Å². The van der Waals surface area contributed by atoms with E-state index in [2.05, 4.69) is 5.32 Å². The lowest BCUT2D eigenvalue weighted by Gasteiger charge is -2.18. The second-order valence-corrected chi connectivity index (χ2v) is 6.63. The van der Waals surface area contributed by atoms with Gasteiger partial charge in [-0.2, -0.15) is 0 Å². The second-order valence-electron chi connectivity index (χ2n) is 6.63. The van der Waals surface area contributed by atoms with Crippen LogP contribution >= 0.6 is 0 Å². The topological polar surface area (TPSA) is 69.6 Å². The van der Waals surface area contributed by atoms with Crippen molar-refractivity contribution < 1.29 is 14.7 Å². The first-order valence-electron chi connectivity index (χ1n) is 8.39. The minimum atomic E-state index is -0.243. The number of aromatic hydroxyl groups is 1. The molecule has 25 heavy (non-hydrogen) atoms. The first kappa shape index (κ1) is 17.0. The number of carbonyl (C=O) groups is 2. The molecule has 1 aliphatic rings. The van der Waals surface area contributed by atoms with Gasteiger partial charge >= 0.3 is 0 Å². The van der Waals surface area contributed by atoms with Gasteiger partial charge in [-0.1, -0.05) is 18.2 Å². The molecule has 1 saturated carbocycles. The molecule has 0 bridgehead atoms. The van der Waals surface area contributed by atoms with Crippen molar-refractivity contribution in [2.45, 2.75) is 32.4 Å². The van der Waals surface area contributed by atoms with Crippen molar-refractivity contribution >= 4 is 11.8 Å². The summed E-state index contributed by atoms with van der Waals surface area (Å²) >= 11 is 0. The molecule has 0 spiro atoms. The fourth-order valence-electron chi connectivity index (χ4n) is 2.63. The molecule has 0 unspecified atom stereocenters. The predicted octanol–water partition coefficient (Wildman–Crippen LogP) is 2.87. The Kier molecular flexibility index (Phi) is 4.74. The summed E-state index contributed by atoms with van der Waals surface area (Å²) in [5.74, 6) is -0.306. The van der Waals surface area contributed by atoms with Crippen LogP contribution in [0.15, 0.2) is 42.5 Å². The number of nitrogens with one attached hydrogen (secondary N) is 1. The number of carbonyl (C=O) groups excluding carboxylic acids is 2. The number of hydrogen-bond acceptors (Lipinski definition) is 3. The Hall–Kier alpha value is -2.82. The van der Waals surface area contributed by atoms with Crippen molar-refractivity contribution in [2.24, 2.45) is 0 Å². The molecule has 0 saturated heterocycles. The van der Waals surface area contributed by atoms with E-state index >= 15 is 0 Å². The third-order valence-corrected chi connectivity index (χ3v) is 4.28. The zero-order valence-corrected chi connectivity index (χ0v) is 14.5. The summed E-state index contributed by atoms with van der Waals surface area (Å²) in [6.07, 6.45) is 2.12. The highest BCUT2D eigenvalue weighted by Gasteiger charge is 2.23. The highest BCUT2D eigenvalue weighted by molar-refractivity contribution is 5.97. The fourth-order valence-corrected chi connectivity index (χ4v) is 2.63. The predicted molar refractivity (Wildman–Crippen MR) is 95.6 cm³/mol. The van der Waals surface area contributed by atoms with Gasteiger partial charge < -0.3 is 15.3 Å². The van der Waals surface area contributed by atoms with Gasteiger partial charge in [0.1, 0.15) is 5.75 Å². The fraction of sp³-hybridized carbons (Fsp3) is 0.300. The van der Waals surface area contributed by atoms with Crippen LogP contribution in [0.1, 0.15) is 44.7 Å². The van der Waals surface area contributed by atoms with Crippen LogP contribution in [-0.2, 0) is 6.54 Å². The van der Waals surface area contributed by atoms with Crippen LogP contribution in [0.2, 0.25) is 0 Å². The van der Waals surface area contributed by atoms with Crippen molar-refractivity contribution in [3.8, 4) is 5.75 Å². The molecular weight excluding hydrogens is 316 g/mol. The molecule has 3 rings (SSSR count). The Morgan fingerprint density at radius 1 is 1.16 bits per heavy atom. The molecule has 2 aromatic rings. The molecule has 2 aromatic carbocycles. The van der Waals surface area contributed by atoms with Crippen molar-refractivity contribution in [1.29, 1.82) is 0 Å². The molecule has 2 N–H and O–H groups in total. The molecule has 5 nitrogen and oxygen atoms in total. The maximum atomic E-state index is 12.5. The maximum absolute atomic E-state index is 12.5. The van der Waals surface area contributed by atoms with Crippen molar-refractivity contribution in [3.63, 3.8) is 0 Å². The van der Waals surface area contributed by atoms with Crippen molar-refractivity contribution in [3.05, 3.63) is 64.7 Å². The van der Waals surface area contributed by atoms with Crippen LogP contribution in [0.25, 0.3) is 0 Å². The van der Waals surface area contributed by atoms with Gasteiger partial charge in [-0.05, 0) is 55.2 Å². The van der Waals surface area contributed by atoms with Crippen LogP contribution in [0.3, 0.4) is 0 Å². The van der Waals surface area contributed by atoms with Gasteiger partial charge in [0.25, 0.3) is 11.8 Å². The van der Waals surface area contributed by atoms with Gasteiger partial charge in [0.2, 0.25) is 0 Å². The normalized spacial score (nSPS) is 13.4. The van der Waals surface area contributed by atoms with Crippen LogP contribution in [0.5, 0.6) is 5.75 Å². The summed E-state index contributed by atoms with van der Waals surface area (Å²) in [5.41, 5.74) is 2.73. The summed E-state index contributed by atoms with van der Waals surface area (Å²) in [7, 11) is 1.69. The number of nitrogens with zero attached hydrogens (tertiary/aromatic N) is 1. The van der Waals surface area contributed by atoms with E-state index in [9.17, 15) is 14.7 Å². The van der Waals surface area contributed by atoms with E-state index in [1.165, 1.54) is 0 Å². The average molecular weight is 338 g/mol. The smallest absolute Gasteiger partial charge is 0.257 e. The van der Waals surface area contributed by atoms with Gasteiger partial charge in [-0.3, -0.25) is 9.59 Å². The zero-order chi connectivity index (χ0) is 18.0. The molecule has 0 heterocycles. The lowest BCUT2D eigenvalue weighted by Crippen LogP contribution is -2.27. The van der Waals surface area contributed by atoms with Gasteiger partial charge in [0.05, 0.1) is 5.56 Å². The van der Waals surface area contributed by atoms with Gasteiger partial charge in [0.15, 0.2) is 0 Å². The quantitative estimate of drug-likeness (QED) is 0.881. The Labute approximate surface area is 147 Å². The molecule has 0 atom stereocenters. The van der Waals surface area contributed by atoms with Crippen molar-refractivity contribution in [1.82, 2.24) is 10.2 Å². The number of amides is 2. The molecule has 0 radical (unpaired) electrons. The molecule has 1 fully saturated rings. The van der Waals surface area contributed by atoms with Gasteiger partial charge in [0, 0.05) is 25.2 Å². The van der Waals surface area contributed by atoms with E-state index in [1.54, 1.807) is 42.3 Å². The average Bonchev–Trinajstić information content (AvgIpc) is 3.39. The Balaban J connectivity index is 1.64. The highest BCUT2D eigenvalue weighted by atomic mass is 16.3. The van der Waals surface area contributed by atoms with E-state index < -0.39 is 0 Å². The lowest BCUT2D eigenvalue weighted by atomic mass is 10.1.